The van der Waals surface area contributed by atoms with E-state index in [1.165, 1.54) is 0 Å². The zero-order valence-electron chi connectivity index (χ0n) is 5.73. The van der Waals surface area contributed by atoms with Crippen LogP contribution in [0.3, 0.4) is 0 Å². The van der Waals surface area contributed by atoms with Crippen LogP contribution < -0.4 is 5.14 Å². The van der Waals surface area contributed by atoms with Crippen molar-refractivity contribution in [3.63, 3.8) is 0 Å². The van der Waals surface area contributed by atoms with Crippen molar-refractivity contribution in [1.29, 1.82) is 0 Å². The van der Waals surface area contributed by atoms with Gasteiger partial charge in [0.15, 0.2) is 0 Å². The summed E-state index contributed by atoms with van der Waals surface area (Å²) in [5.41, 5.74) is 0. The van der Waals surface area contributed by atoms with Gasteiger partial charge in [-0.3, -0.25) is 0 Å². The molecule has 0 aliphatic heterocycles. The van der Waals surface area contributed by atoms with E-state index in [1.807, 2.05) is 0 Å². The van der Waals surface area contributed by atoms with E-state index in [2.05, 4.69) is 0 Å². The second kappa shape index (κ2) is 2.47. The number of rotatable bonds is 1. The Morgan fingerprint density at radius 1 is 1.64 bits per heavy atom. The lowest BCUT2D eigenvalue weighted by molar-refractivity contribution is 0.473. The monoisotopic (exact) mass is 193 g/mol. The highest BCUT2D eigenvalue weighted by Gasteiger charge is 2.13. The number of nitrogens with two attached hydrogens (primary N) is 1. The molecule has 0 aliphatic carbocycles. The first-order chi connectivity index (χ1) is 4.91. The van der Waals surface area contributed by atoms with Gasteiger partial charge in [-0.15, -0.1) is 11.3 Å². The van der Waals surface area contributed by atoms with Crippen molar-refractivity contribution in [3.05, 3.63) is 10.9 Å². The Hall–Kier alpha value is -0.590. The third kappa shape index (κ3) is 1.70. The van der Waals surface area contributed by atoms with Crippen LogP contribution in [0.1, 0.15) is 4.88 Å². The molecule has 0 saturated carbocycles. The van der Waals surface area contributed by atoms with Gasteiger partial charge in [-0.05, 0) is 6.92 Å². The maximum Gasteiger partial charge on any atom is 0.247 e. The number of hydrogen-bond acceptors (Lipinski definition) is 4. The van der Waals surface area contributed by atoms with Crippen molar-refractivity contribution in [3.8, 4) is 5.75 Å². The average Bonchev–Trinajstić information content (AvgIpc) is 2.11. The van der Waals surface area contributed by atoms with Gasteiger partial charge in [0.1, 0.15) is 9.96 Å². The normalized spacial score (nSPS) is 11.8. The van der Waals surface area contributed by atoms with E-state index in [-0.39, 0.29) is 9.96 Å². The minimum absolute atomic E-state index is 0.00694. The van der Waals surface area contributed by atoms with Gasteiger partial charge in [-0.25, -0.2) is 13.6 Å². The summed E-state index contributed by atoms with van der Waals surface area (Å²) >= 11 is 0.958. The quantitative estimate of drug-likeness (QED) is 0.677. The molecule has 0 aliphatic rings. The molecule has 0 fully saturated rings. The summed E-state index contributed by atoms with van der Waals surface area (Å²) in [6.07, 6.45) is 0. The van der Waals surface area contributed by atoms with E-state index in [4.69, 9.17) is 10.2 Å². The van der Waals surface area contributed by atoms with E-state index in [0.717, 1.165) is 17.4 Å². The Bertz CT molecular complexity index is 346. The molecule has 1 aromatic heterocycles. The Kier molecular flexibility index (Phi) is 1.91. The number of aromatic hydroxyl groups is 1. The van der Waals surface area contributed by atoms with Crippen LogP contribution >= 0.6 is 11.3 Å². The summed E-state index contributed by atoms with van der Waals surface area (Å²) in [4.78, 5) is 0.550. The number of sulfonamides is 1. The highest BCUT2D eigenvalue weighted by Crippen LogP contribution is 2.29. The Balaban J connectivity index is 3.29. The van der Waals surface area contributed by atoms with Crippen molar-refractivity contribution >= 4 is 21.4 Å². The topological polar surface area (TPSA) is 80.4 Å². The molecule has 0 radical (unpaired) electrons. The molecule has 11 heavy (non-hydrogen) atoms. The third-order valence-corrected chi connectivity index (χ3v) is 3.61. The molecule has 0 atom stereocenters. The van der Waals surface area contributed by atoms with Crippen LogP contribution in [-0.2, 0) is 10.0 Å². The summed E-state index contributed by atoms with van der Waals surface area (Å²) in [6, 6.07) is 1.15. The first kappa shape index (κ1) is 8.51. The molecule has 0 amide bonds. The lowest BCUT2D eigenvalue weighted by atomic mass is 10.5. The summed E-state index contributed by atoms with van der Waals surface area (Å²) in [7, 11) is -3.65. The Morgan fingerprint density at radius 2 is 2.18 bits per heavy atom. The molecular formula is C5H7NO3S2. The predicted octanol–water partition coefficient (Wildman–Crippen LogP) is 0.410. The molecule has 6 heteroatoms. The second-order valence-electron chi connectivity index (χ2n) is 2.05. The predicted molar refractivity (Wildman–Crippen MR) is 42.1 cm³/mol. The van der Waals surface area contributed by atoms with Crippen molar-refractivity contribution in [2.24, 2.45) is 5.14 Å². The minimum atomic E-state index is -3.65. The maximum atomic E-state index is 10.7. The van der Waals surface area contributed by atoms with Gasteiger partial charge < -0.3 is 5.11 Å². The van der Waals surface area contributed by atoms with Crippen molar-refractivity contribution < 1.29 is 13.5 Å². The SMILES string of the molecule is Cc1sc(S(N)(=O)=O)cc1O. The zero-order chi connectivity index (χ0) is 8.65. The number of thiophene rings is 1. The fourth-order valence-electron chi connectivity index (χ4n) is 0.586. The molecule has 3 N–H and O–H groups in total. The number of primary sulfonamides is 1. The fraction of sp³-hybridized carbons (Fsp3) is 0.200. The first-order valence-corrected chi connectivity index (χ1v) is 5.10. The van der Waals surface area contributed by atoms with Crippen LogP contribution in [0.5, 0.6) is 5.75 Å². The van der Waals surface area contributed by atoms with Crippen molar-refractivity contribution in [2.45, 2.75) is 11.1 Å². The fourth-order valence-corrected chi connectivity index (χ4v) is 2.34. The number of aryl methyl sites for hydroxylation is 1. The minimum Gasteiger partial charge on any atom is -0.507 e. The van der Waals surface area contributed by atoms with Gasteiger partial charge in [0.05, 0.1) is 0 Å². The Labute approximate surface area is 68.3 Å². The van der Waals surface area contributed by atoms with Crippen LogP contribution in [0.4, 0.5) is 0 Å². The lowest BCUT2D eigenvalue weighted by Gasteiger charge is -1.86. The number of hydrogen-bond donors (Lipinski definition) is 2. The van der Waals surface area contributed by atoms with Gasteiger partial charge >= 0.3 is 0 Å². The van der Waals surface area contributed by atoms with Crippen LogP contribution in [0.2, 0.25) is 0 Å². The van der Waals surface area contributed by atoms with Crippen molar-refractivity contribution in [2.75, 3.05) is 0 Å². The molecule has 4 nitrogen and oxygen atoms in total. The van der Waals surface area contributed by atoms with Crippen LogP contribution in [-0.4, -0.2) is 13.5 Å². The van der Waals surface area contributed by atoms with Gasteiger partial charge in [0, 0.05) is 10.9 Å². The molecule has 0 bridgehead atoms. The standard InChI is InChI=1S/C5H7NO3S2/c1-3-4(7)2-5(10-3)11(6,8)9/h2,7H,1H3,(H2,6,8,9). The molecule has 1 rings (SSSR count). The van der Waals surface area contributed by atoms with Gasteiger partial charge in [-0.1, -0.05) is 0 Å². The summed E-state index contributed by atoms with van der Waals surface area (Å²) in [5.74, 6) is -0.0287. The van der Waals surface area contributed by atoms with Crippen LogP contribution in [0, 0.1) is 6.92 Å². The Morgan fingerprint density at radius 3 is 2.36 bits per heavy atom. The largest absolute Gasteiger partial charge is 0.507 e. The highest BCUT2D eigenvalue weighted by atomic mass is 32.2. The third-order valence-electron chi connectivity index (χ3n) is 1.15. The van der Waals surface area contributed by atoms with Crippen LogP contribution in [0.15, 0.2) is 10.3 Å². The van der Waals surface area contributed by atoms with Crippen molar-refractivity contribution in [1.82, 2.24) is 0 Å². The summed E-state index contributed by atoms with van der Waals surface area (Å²) in [5, 5.41) is 13.8. The molecule has 0 unspecified atom stereocenters. The smallest absolute Gasteiger partial charge is 0.247 e. The van der Waals surface area contributed by atoms with E-state index in [0.29, 0.717) is 4.88 Å². The van der Waals surface area contributed by atoms with E-state index in [1.54, 1.807) is 6.92 Å². The van der Waals surface area contributed by atoms with Gasteiger partial charge in [0.2, 0.25) is 10.0 Å². The molecule has 0 saturated heterocycles. The molecule has 1 aromatic rings. The summed E-state index contributed by atoms with van der Waals surface area (Å²) in [6.45, 7) is 1.62. The average molecular weight is 193 g/mol. The van der Waals surface area contributed by atoms with Gasteiger partial charge in [-0.2, -0.15) is 0 Å². The van der Waals surface area contributed by atoms with E-state index in [9.17, 15) is 8.42 Å². The molecule has 0 aromatic carbocycles. The molecule has 0 spiro atoms. The van der Waals surface area contributed by atoms with E-state index < -0.39 is 10.0 Å². The van der Waals surface area contributed by atoms with Crippen LogP contribution in [0.25, 0.3) is 0 Å². The molecule has 1 heterocycles. The maximum absolute atomic E-state index is 10.7. The molecule has 62 valence electrons. The lowest BCUT2D eigenvalue weighted by Crippen LogP contribution is -2.09. The first-order valence-electron chi connectivity index (χ1n) is 2.73. The summed E-state index contributed by atoms with van der Waals surface area (Å²) < 4.78 is 21.3. The highest BCUT2D eigenvalue weighted by molar-refractivity contribution is 7.91. The zero-order valence-corrected chi connectivity index (χ0v) is 7.37. The van der Waals surface area contributed by atoms with Gasteiger partial charge in [0.25, 0.3) is 0 Å². The van der Waals surface area contributed by atoms with E-state index >= 15 is 0 Å². The second-order valence-corrected chi connectivity index (χ2v) is 5.10. The molecular weight excluding hydrogens is 186 g/mol.